The van der Waals surface area contributed by atoms with Crippen LogP contribution in [0.5, 0.6) is 0 Å². The average Bonchev–Trinajstić information content (AvgIpc) is 2.13. The second kappa shape index (κ2) is 5.18. The number of carbonyl (C=O) groups is 1. The molecule has 2 heteroatoms. The number of rotatable bonds is 5. The molecule has 0 aliphatic rings. The summed E-state index contributed by atoms with van der Waals surface area (Å²) in [5.74, 6) is -0.279. The smallest absolute Gasteiger partial charge is 0.333 e. The molecule has 0 fully saturated rings. The first-order valence-electron chi connectivity index (χ1n) is 5.21. The van der Waals surface area contributed by atoms with Crippen molar-refractivity contribution in [1.29, 1.82) is 0 Å². The number of hydrogen-bond acceptors (Lipinski definition) is 2. The van der Waals surface area contributed by atoms with Crippen molar-refractivity contribution in [2.75, 3.05) is 0 Å². The summed E-state index contributed by atoms with van der Waals surface area (Å²) in [6.07, 6.45) is 1.83. The van der Waals surface area contributed by atoms with Gasteiger partial charge in [-0.05, 0) is 19.8 Å². The van der Waals surface area contributed by atoms with Crippen LogP contribution in [0, 0.1) is 5.41 Å². The van der Waals surface area contributed by atoms with Gasteiger partial charge in [0.05, 0.1) is 0 Å². The molecule has 0 rings (SSSR count). The van der Waals surface area contributed by atoms with Gasteiger partial charge >= 0.3 is 5.97 Å². The zero-order chi connectivity index (χ0) is 11.4. The lowest BCUT2D eigenvalue weighted by atomic mass is 9.82. The SMILES string of the molecule is C=C(C)C(=O)OC(CC)C(C)(C)CC. The molecule has 1 atom stereocenters. The van der Waals surface area contributed by atoms with Gasteiger partial charge in [-0.25, -0.2) is 4.79 Å². The van der Waals surface area contributed by atoms with Crippen LogP contribution >= 0.6 is 0 Å². The van der Waals surface area contributed by atoms with Gasteiger partial charge in [0.25, 0.3) is 0 Å². The topological polar surface area (TPSA) is 26.3 Å². The third-order valence-electron chi connectivity index (χ3n) is 2.75. The van der Waals surface area contributed by atoms with Gasteiger partial charge in [-0.1, -0.05) is 34.3 Å². The highest BCUT2D eigenvalue weighted by Gasteiger charge is 2.29. The quantitative estimate of drug-likeness (QED) is 0.500. The molecule has 2 nitrogen and oxygen atoms in total. The lowest BCUT2D eigenvalue weighted by molar-refractivity contribution is -0.150. The first kappa shape index (κ1) is 13.2. The van der Waals surface area contributed by atoms with E-state index in [9.17, 15) is 4.79 Å². The van der Waals surface area contributed by atoms with E-state index in [1.165, 1.54) is 0 Å². The van der Waals surface area contributed by atoms with Crippen molar-refractivity contribution in [3.63, 3.8) is 0 Å². The van der Waals surface area contributed by atoms with Crippen molar-refractivity contribution in [2.45, 2.75) is 53.6 Å². The summed E-state index contributed by atoms with van der Waals surface area (Å²) in [5, 5.41) is 0. The molecule has 0 spiro atoms. The molecule has 0 amide bonds. The molecule has 82 valence electrons. The molecule has 0 heterocycles. The van der Waals surface area contributed by atoms with Crippen LogP contribution in [-0.2, 0) is 9.53 Å². The standard InChI is InChI=1S/C12H22O2/c1-7-10(12(5,6)8-2)14-11(13)9(3)4/h10H,3,7-8H2,1-2,4-6H3. The summed E-state index contributed by atoms with van der Waals surface area (Å²) < 4.78 is 5.38. The maximum Gasteiger partial charge on any atom is 0.333 e. The Morgan fingerprint density at radius 3 is 2.21 bits per heavy atom. The van der Waals surface area contributed by atoms with Gasteiger partial charge in [-0.2, -0.15) is 0 Å². The zero-order valence-corrected chi connectivity index (χ0v) is 10.0. The Hall–Kier alpha value is -0.790. The molecule has 1 unspecified atom stereocenters. The van der Waals surface area contributed by atoms with Gasteiger partial charge in [-0.15, -0.1) is 0 Å². The third kappa shape index (κ3) is 3.52. The van der Waals surface area contributed by atoms with Crippen molar-refractivity contribution in [2.24, 2.45) is 5.41 Å². The van der Waals surface area contributed by atoms with Gasteiger partial charge in [0.1, 0.15) is 6.10 Å². The van der Waals surface area contributed by atoms with E-state index in [1.54, 1.807) is 6.92 Å². The summed E-state index contributed by atoms with van der Waals surface area (Å²) in [4.78, 5) is 11.4. The predicted molar refractivity (Wildman–Crippen MR) is 59.1 cm³/mol. The molecule has 14 heavy (non-hydrogen) atoms. The van der Waals surface area contributed by atoms with E-state index in [0.717, 1.165) is 12.8 Å². The molecular formula is C12H22O2. The van der Waals surface area contributed by atoms with Crippen molar-refractivity contribution < 1.29 is 9.53 Å². The van der Waals surface area contributed by atoms with Crippen LogP contribution in [0.25, 0.3) is 0 Å². The van der Waals surface area contributed by atoms with Crippen molar-refractivity contribution in [1.82, 2.24) is 0 Å². The summed E-state index contributed by atoms with van der Waals surface area (Å²) in [5.41, 5.74) is 0.509. The maximum absolute atomic E-state index is 11.4. The fraction of sp³-hybridized carbons (Fsp3) is 0.750. The Bertz CT molecular complexity index is 216. The molecule has 0 aromatic heterocycles. The van der Waals surface area contributed by atoms with Crippen LogP contribution < -0.4 is 0 Å². The lowest BCUT2D eigenvalue weighted by Crippen LogP contribution is -2.33. The minimum Gasteiger partial charge on any atom is -0.458 e. The number of carbonyl (C=O) groups excluding carboxylic acids is 1. The molecule has 0 N–H and O–H groups in total. The van der Waals surface area contributed by atoms with E-state index in [1.807, 2.05) is 6.92 Å². The van der Waals surface area contributed by atoms with Crippen LogP contribution in [0.3, 0.4) is 0 Å². The van der Waals surface area contributed by atoms with Gasteiger partial charge in [0.2, 0.25) is 0 Å². The fourth-order valence-electron chi connectivity index (χ4n) is 1.25. The van der Waals surface area contributed by atoms with E-state index in [0.29, 0.717) is 5.57 Å². The molecule has 0 aromatic carbocycles. The average molecular weight is 198 g/mol. The summed E-state index contributed by atoms with van der Waals surface area (Å²) in [6, 6.07) is 0. The second-order valence-electron chi connectivity index (χ2n) is 4.42. The molecule has 0 saturated carbocycles. The number of hydrogen-bond donors (Lipinski definition) is 0. The number of esters is 1. The monoisotopic (exact) mass is 198 g/mol. The Labute approximate surface area is 87.3 Å². The first-order valence-corrected chi connectivity index (χ1v) is 5.21. The van der Waals surface area contributed by atoms with Crippen LogP contribution in [0.1, 0.15) is 47.5 Å². The molecule has 0 radical (unpaired) electrons. The maximum atomic E-state index is 11.4. The molecule has 0 aliphatic heterocycles. The van der Waals surface area contributed by atoms with Crippen LogP contribution in [0.15, 0.2) is 12.2 Å². The van der Waals surface area contributed by atoms with Crippen molar-refractivity contribution in [3.8, 4) is 0 Å². The highest BCUT2D eigenvalue weighted by molar-refractivity contribution is 5.87. The zero-order valence-electron chi connectivity index (χ0n) is 10.0. The summed E-state index contributed by atoms with van der Waals surface area (Å²) in [7, 11) is 0. The molecule has 0 aromatic rings. The van der Waals surface area contributed by atoms with Crippen molar-refractivity contribution >= 4 is 5.97 Å². The lowest BCUT2D eigenvalue weighted by Gasteiger charge is -2.32. The number of ether oxygens (including phenoxy) is 1. The minimum absolute atomic E-state index is 0.0169. The highest BCUT2D eigenvalue weighted by atomic mass is 16.5. The van der Waals surface area contributed by atoms with E-state index < -0.39 is 0 Å². The van der Waals surface area contributed by atoms with Crippen LogP contribution in [0.4, 0.5) is 0 Å². The van der Waals surface area contributed by atoms with Gasteiger partial charge in [0, 0.05) is 11.0 Å². The van der Waals surface area contributed by atoms with Crippen LogP contribution in [0.2, 0.25) is 0 Å². The van der Waals surface area contributed by atoms with E-state index in [4.69, 9.17) is 4.74 Å². The van der Waals surface area contributed by atoms with Crippen molar-refractivity contribution in [3.05, 3.63) is 12.2 Å². The Morgan fingerprint density at radius 1 is 1.43 bits per heavy atom. The Morgan fingerprint density at radius 2 is 1.93 bits per heavy atom. The highest BCUT2D eigenvalue weighted by Crippen LogP contribution is 2.29. The third-order valence-corrected chi connectivity index (χ3v) is 2.75. The predicted octanol–water partition coefficient (Wildman–Crippen LogP) is 3.32. The summed E-state index contributed by atoms with van der Waals surface area (Å²) >= 11 is 0. The minimum atomic E-state index is -0.279. The van der Waals surface area contributed by atoms with E-state index in [2.05, 4.69) is 27.4 Å². The largest absolute Gasteiger partial charge is 0.458 e. The van der Waals surface area contributed by atoms with E-state index in [-0.39, 0.29) is 17.5 Å². The van der Waals surface area contributed by atoms with E-state index >= 15 is 0 Å². The molecule has 0 bridgehead atoms. The first-order chi connectivity index (χ1) is 6.35. The fourth-order valence-corrected chi connectivity index (χ4v) is 1.25. The Kier molecular flexibility index (Phi) is 4.89. The molecular weight excluding hydrogens is 176 g/mol. The normalized spacial score (nSPS) is 13.5. The summed E-state index contributed by atoms with van der Waals surface area (Å²) in [6.45, 7) is 13.6. The van der Waals surface area contributed by atoms with Gasteiger partial charge in [0.15, 0.2) is 0 Å². The Balaban J connectivity index is 4.44. The second-order valence-corrected chi connectivity index (χ2v) is 4.42. The molecule has 0 saturated heterocycles. The van der Waals surface area contributed by atoms with Gasteiger partial charge in [-0.3, -0.25) is 0 Å². The van der Waals surface area contributed by atoms with Crippen LogP contribution in [-0.4, -0.2) is 12.1 Å². The molecule has 0 aliphatic carbocycles. The van der Waals surface area contributed by atoms with Gasteiger partial charge < -0.3 is 4.74 Å².